The van der Waals surface area contributed by atoms with Gasteiger partial charge in [0.15, 0.2) is 0 Å². The molecule has 2 aromatic rings. The van der Waals surface area contributed by atoms with Crippen LogP contribution in [0.3, 0.4) is 0 Å². The number of aromatic hydroxyl groups is 1. The number of ether oxygens (including phenoxy) is 1. The standard InChI is InChI=1S/C16H17NO4/c1-10(14-7-6-13(21-2)9-15(14)18)17-12-5-3-4-11(8-12)16(19)20/h3-10,17-18H,1-2H3,(H,19,20). The third kappa shape index (κ3) is 3.45. The molecule has 1 unspecified atom stereocenters. The number of nitrogens with one attached hydrogen (secondary N) is 1. The zero-order valence-corrected chi connectivity index (χ0v) is 11.8. The second-order valence-corrected chi connectivity index (χ2v) is 4.68. The number of carboxylic acid groups (broad SMARTS) is 1. The predicted octanol–water partition coefficient (Wildman–Crippen LogP) is 3.27. The minimum atomic E-state index is -0.974. The molecule has 21 heavy (non-hydrogen) atoms. The molecule has 1 atom stereocenters. The molecular formula is C16H17NO4. The molecular weight excluding hydrogens is 270 g/mol. The number of benzene rings is 2. The van der Waals surface area contributed by atoms with Gasteiger partial charge in [-0.05, 0) is 37.3 Å². The number of hydrogen-bond donors (Lipinski definition) is 3. The predicted molar refractivity (Wildman–Crippen MR) is 80.1 cm³/mol. The van der Waals surface area contributed by atoms with Crippen LogP contribution in [0.4, 0.5) is 5.69 Å². The van der Waals surface area contributed by atoms with Crippen molar-refractivity contribution >= 4 is 11.7 Å². The Bertz CT molecular complexity index is 654. The van der Waals surface area contributed by atoms with E-state index in [1.54, 1.807) is 36.4 Å². The number of phenolic OH excluding ortho intramolecular Hbond substituents is 1. The van der Waals surface area contributed by atoms with E-state index in [-0.39, 0.29) is 17.4 Å². The van der Waals surface area contributed by atoms with Crippen LogP contribution >= 0.6 is 0 Å². The number of methoxy groups -OCH3 is 1. The fourth-order valence-electron chi connectivity index (χ4n) is 2.09. The summed E-state index contributed by atoms with van der Waals surface area (Å²) in [5.74, 6) is -0.265. The lowest BCUT2D eigenvalue weighted by molar-refractivity contribution is 0.0697. The van der Waals surface area contributed by atoms with Gasteiger partial charge in [-0.2, -0.15) is 0 Å². The van der Waals surface area contributed by atoms with Crippen molar-refractivity contribution in [1.29, 1.82) is 0 Å². The highest BCUT2D eigenvalue weighted by atomic mass is 16.5. The van der Waals surface area contributed by atoms with E-state index < -0.39 is 5.97 Å². The van der Waals surface area contributed by atoms with Gasteiger partial charge in [0, 0.05) is 17.3 Å². The fraction of sp³-hybridized carbons (Fsp3) is 0.188. The van der Waals surface area contributed by atoms with Crippen LogP contribution in [0, 0.1) is 0 Å². The second kappa shape index (κ2) is 6.17. The van der Waals surface area contributed by atoms with E-state index in [0.29, 0.717) is 17.0 Å². The Morgan fingerprint density at radius 3 is 2.62 bits per heavy atom. The van der Waals surface area contributed by atoms with E-state index in [1.807, 2.05) is 6.92 Å². The van der Waals surface area contributed by atoms with Crippen LogP contribution in [-0.2, 0) is 0 Å². The Labute approximate surface area is 122 Å². The minimum Gasteiger partial charge on any atom is -0.507 e. The molecule has 0 saturated carbocycles. The SMILES string of the molecule is COc1ccc(C(C)Nc2cccc(C(=O)O)c2)c(O)c1. The molecule has 0 aliphatic heterocycles. The highest BCUT2D eigenvalue weighted by Crippen LogP contribution is 2.30. The summed E-state index contributed by atoms with van der Waals surface area (Å²) in [5, 5.41) is 22.1. The summed E-state index contributed by atoms with van der Waals surface area (Å²) in [4.78, 5) is 11.0. The average Bonchev–Trinajstić information content (AvgIpc) is 2.47. The van der Waals surface area contributed by atoms with Gasteiger partial charge in [-0.25, -0.2) is 4.79 Å². The molecule has 0 fully saturated rings. The Balaban J connectivity index is 2.19. The van der Waals surface area contributed by atoms with Crippen molar-refractivity contribution in [2.45, 2.75) is 13.0 Å². The summed E-state index contributed by atoms with van der Waals surface area (Å²) < 4.78 is 5.04. The Hall–Kier alpha value is -2.69. The van der Waals surface area contributed by atoms with Crippen LogP contribution < -0.4 is 10.1 Å². The van der Waals surface area contributed by atoms with Crippen molar-refractivity contribution < 1.29 is 19.7 Å². The second-order valence-electron chi connectivity index (χ2n) is 4.68. The summed E-state index contributed by atoms with van der Waals surface area (Å²) in [6, 6.07) is 11.4. The van der Waals surface area contributed by atoms with Crippen molar-refractivity contribution in [3.8, 4) is 11.5 Å². The van der Waals surface area contributed by atoms with Gasteiger partial charge in [-0.3, -0.25) is 0 Å². The molecule has 0 heterocycles. The smallest absolute Gasteiger partial charge is 0.335 e. The molecule has 0 spiro atoms. The van der Waals surface area contributed by atoms with Crippen LogP contribution in [-0.4, -0.2) is 23.3 Å². The number of hydrogen-bond acceptors (Lipinski definition) is 4. The van der Waals surface area contributed by atoms with Gasteiger partial charge in [-0.15, -0.1) is 0 Å². The highest BCUT2D eigenvalue weighted by Gasteiger charge is 2.12. The molecule has 2 rings (SSSR count). The summed E-state index contributed by atoms with van der Waals surface area (Å²) >= 11 is 0. The first-order valence-corrected chi connectivity index (χ1v) is 6.48. The lowest BCUT2D eigenvalue weighted by Crippen LogP contribution is -2.08. The van der Waals surface area contributed by atoms with Crippen LogP contribution in [0.25, 0.3) is 0 Å². The van der Waals surface area contributed by atoms with Gasteiger partial charge in [0.2, 0.25) is 0 Å². The first kappa shape index (κ1) is 14.7. The summed E-state index contributed by atoms with van der Waals surface area (Å²) in [7, 11) is 1.54. The number of aromatic carboxylic acids is 1. The van der Waals surface area contributed by atoms with Crippen molar-refractivity contribution in [2.24, 2.45) is 0 Å². The fourth-order valence-corrected chi connectivity index (χ4v) is 2.09. The molecule has 2 aromatic carbocycles. The van der Waals surface area contributed by atoms with E-state index in [1.165, 1.54) is 13.2 Å². The Morgan fingerprint density at radius 1 is 1.24 bits per heavy atom. The van der Waals surface area contributed by atoms with Gasteiger partial charge in [-0.1, -0.05) is 6.07 Å². The first-order valence-electron chi connectivity index (χ1n) is 6.48. The van der Waals surface area contributed by atoms with Gasteiger partial charge >= 0.3 is 5.97 Å². The lowest BCUT2D eigenvalue weighted by Gasteiger charge is -2.17. The molecule has 0 aromatic heterocycles. The van der Waals surface area contributed by atoms with Gasteiger partial charge in [0.25, 0.3) is 0 Å². The van der Waals surface area contributed by atoms with E-state index in [4.69, 9.17) is 9.84 Å². The van der Waals surface area contributed by atoms with Crippen LogP contribution in [0.5, 0.6) is 11.5 Å². The molecule has 5 nitrogen and oxygen atoms in total. The number of carboxylic acids is 1. The molecule has 3 N–H and O–H groups in total. The molecule has 0 saturated heterocycles. The van der Waals surface area contributed by atoms with E-state index in [9.17, 15) is 9.90 Å². The third-order valence-corrected chi connectivity index (χ3v) is 3.20. The van der Waals surface area contributed by atoms with Crippen molar-refractivity contribution in [3.05, 3.63) is 53.6 Å². The van der Waals surface area contributed by atoms with Crippen LogP contribution in [0.1, 0.15) is 28.9 Å². The zero-order chi connectivity index (χ0) is 15.4. The average molecular weight is 287 g/mol. The van der Waals surface area contributed by atoms with E-state index in [2.05, 4.69) is 5.32 Å². The normalized spacial score (nSPS) is 11.7. The van der Waals surface area contributed by atoms with Crippen LogP contribution in [0.2, 0.25) is 0 Å². The lowest BCUT2D eigenvalue weighted by atomic mass is 10.1. The monoisotopic (exact) mass is 287 g/mol. The maximum atomic E-state index is 11.0. The molecule has 0 aliphatic carbocycles. The van der Waals surface area contributed by atoms with Crippen molar-refractivity contribution in [2.75, 3.05) is 12.4 Å². The Kier molecular flexibility index (Phi) is 4.33. The quantitative estimate of drug-likeness (QED) is 0.786. The molecule has 0 amide bonds. The Morgan fingerprint density at radius 2 is 2.00 bits per heavy atom. The molecule has 110 valence electrons. The van der Waals surface area contributed by atoms with E-state index >= 15 is 0 Å². The molecule has 5 heteroatoms. The largest absolute Gasteiger partial charge is 0.507 e. The maximum absolute atomic E-state index is 11.0. The first-order chi connectivity index (χ1) is 10.0. The summed E-state index contributed by atoms with van der Waals surface area (Å²) in [6.45, 7) is 1.88. The number of phenols is 1. The van der Waals surface area contributed by atoms with Gasteiger partial charge in [0.1, 0.15) is 11.5 Å². The molecule has 0 aliphatic rings. The molecule has 0 bridgehead atoms. The van der Waals surface area contributed by atoms with E-state index in [0.717, 1.165) is 0 Å². The van der Waals surface area contributed by atoms with Crippen LogP contribution in [0.15, 0.2) is 42.5 Å². The third-order valence-electron chi connectivity index (χ3n) is 3.20. The topological polar surface area (TPSA) is 78.8 Å². The summed E-state index contributed by atoms with van der Waals surface area (Å²) in [6.07, 6.45) is 0. The summed E-state index contributed by atoms with van der Waals surface area (Å²) in [5.41, 5.74) is 1.60. The van der Waals surface area contributed by atoms with Gasteiger partial charge < -0.3 is 20.3 Å². The number of carbonyl (C=O) groups is 1. The zero-order valence-electron chi connectivity index (χ0n) is 11.8. The number of rotatable bonds is 5. The molecule has 0 radical (unpaired) electrons. The van der Waals surface area contributed by atoms with Gasteiger partial charge in [0.05, 0.1) is 18.7 Å². The van der Waals surface area contributed by atoms with Crippen molar-refractivity contribution in [1.82, 2.24) is 0 Å². The highest BCUT2D eigenvalue weighted by molar-refractivity contribution is 5.88. The van der Waals surface area contributed by atoms with Crippen molar-refractivity contribution in [3.63, 3.8) is 0 Å². The number of anilines is 1. The maximum Gasteiger partial charge on any atom is 0.335 e. The minimum absolute atomic E-state index is 0.128.